The van der Waals surface area contributed by atoms with E-state index in [1.807, 2.05) is 30.3 Å². The number of nitrogens with two attached hydrogens (primary N) is 1. The predicted octanol–water partition coefficient (Wildman–Crippen LogP) is 2.79. The lowest BCUT2D eigenvalue weighted by molar-refractivity contribution is 0.0456. The number of aromatic nitrogens is 1. The first-order valence-corrected chi connectivity index (χ1v) is 8.45. The second-order valence-corrected chi connectivity index (χ2v) is 6.34. The molecule has 0 bridgehead atoms. The number of nitriles is 1. The molecule has 0 saturated carbocycles. The van der Waals surface area contributed by atoms with Crippen LogP contribution in [-0.4, -0.2) is 24.0 Å². The second-order valence-electron chi connectivity index (χ2n) is 6.34. The molecule has 2 aliphatic heterocycles. The van der Waals surface area contributed by atoms with Gasteiger partial charge in [0, 0.05) is 18.7 Å². The summed E-state index contributed by atoms with van der Waals surface area (Å²) in [5.41, 5.74) is 8.08. The maximum atomic E-state index is 12.4. The van der Waals surface area contributed by atoms with Gasteiger partial charge in [-0.2, -0.15) is 5.26 Å². The van der Waals surface area contributed by atoms with Gasteiger partial charge in [0.2, 0.25) is 0 Å². The van der Waals surface area contributed by atoms with E-state index in [9.17, 15) is 10.1 Å². The van der Waals surface area contributed by atoms with Crippen molar-refractivity contribution in [3.8, 4) is 6.07 Å². The van der Waals surface area contributed by atoms with Crippen molar-refractivity contribution in [3.63, 3.8) is 0 Å². The summed E-state index contributed by atoms with van der Waals surface area (Å²) >= 11 is 0. The number of anilines is 2. The number of pyridine rings is 1. The zero-order chi connectivity index (χ0) is 17.4. The lowest BCUT2D eigenvalue weighted by Crippen LogP contribution is -2.31. The van der Waals surface area contributed by atoms with Crippen LogP contribution in [0.15, 0.2) is 30.3 Å². The third-order valence-corrected chi connectivity index (χ3v) is 4.81. The first kappa shape index (κ1) is 15.5. The van der Waals surface area contributed by atoms with Crippen LogP contribution < -0.4 is 10.6 Å². The highest BCUT2D eigenvalue weighted by Crippen LogP contribution is 2.42. The Bertz CT molecular complexity index is 867. The molecule has 6 heteroatoms. The second kappa shape index (κ2) is 6.10. The molecule has 4 rings (SSSR count). The van der Waals surface area contributed by atoms with Crippen molar-refractivity contribution < 1.29 is 9.53 Å². The highest BCUT2D eigenvalue weighted by Gasteiger charge is 2.39. The molecule has 3 heterocycles. The normalized spacial score (nSPS) is 19.2. The molecule has 25 heavy (non-hydrogen) atoms. The zero-order valence-corrected chi connectivity index (χ0v) is 13.7. The average molecular weight is 334 g/mol. The van der Waals surface area contributed by atoms with Gasteiger partial charge in [-0.05, 0) is 24.8 Å². The Kier molecular flexibility index (Phi) is 3.77. The van der Waals surface area contributed by atoms with E-state index in [0.29, 0.717) is 16.9 Å². The number of hydrogen-bond acceptors (Lipinski definition) is 6. The van der Waals surface area contributed by atoms with E-state index in [0.717, 1.165) is 31.5 Å². The molecule has 1 unspecified atom stereocenters. The first-order valence-electron chi connectivity index (χ1n) is 8.45. The third kappa shape index (κ3) is 2.49. The quantitative estimate of drug-likeness (QED) is 0.849. The SMILES string of the molecule is N#Cc1c(N2CCCCC2)nc(N)c2c1C(c1ccccc1)OC2=O. The van der Waals surface area contributed by atoms with Crippen LogP contribution >= 0.6 is 0 Å². The summed E-state index contributed by atoms with van der Waals surface area (Å²) in [6.07, 6.45) is 2.67. The van der Waals surface area contributed by atoms with Crippen molar-refractivity contribution in [1.82, 2.24) is 4.98 Å². The van der Waals surface area contributed by atoms with Gasteiger partial charge in [-0.1, -0.05) is 30.3 Å². The molecule has 1 aromatic carbocycles. The van der Waals surface area contributed by atoms with E-state index < -0.39 is 12.1 Å². The van der Waals surface area contributed by atoms with Crippen molar-refractivity contribution in [2.24, 2.45) is 0 Å². The number of rotatable bonds is 2. The fourth-order valence-electron chi connectivity index (χ4n) is 3.62. The number of nitrogen functional groups attached to an aromatic ring is 1. The number of piperidine rings is 1. The lowest BCUT2D eigenvalue weighted by atomic mass is 9.95. The van der Waals surface area contributed by atoms with Gasteiger partial charge >= 0.3 is 5.97 Å². The number of benzene rings is 1. The lowest BCUT2D eigenvalue weighted by Gasteiger charge is -2.29. The van der Waals surface area contributed by atoms with Crippen LogP contribution in [0.25, 0.3) is 0 Å². The molecule has 6 nitrogen and oxygen atoms in total. The van der Waals surface area contributed by atoms with Crippen LogP contribution in [-0.2, 0) is 4.74 Å². The highest BCUT2D eigenvalue weighted by molar-refractivity contribution is 6.00. The molecule has 2 aliphatic rings. The third-order valence-electron chi connectivity index (χ3n) is 4.81. The maximum Gasteiger partial charge on any atom is 0.343 e. The molecule has 0 amide bonds. The van der Waals surface area contributed by atoms with E-state index in [4.69, 9.17) is 10.5 Å². The molecule has 126 valence electrons. The molecule has 0 spiro atoms. The van der Waals surface area contributed by atoms with Crippen molar-refractivity contribution in [1.29, 1.82) is 5.26 Å². The molecule has 1 fully saturated rings. The Morgan fingerprint density at radius 1 is 1.20 bits per heavy atom. The minimum atomic E-state index is -0.618. The van der Waals surface area contributed by atoms with Gasteiger partial charge < -0.3 is 15.4 Å². The van der Waals surface area contributed by atoms with Crippen molar-refractivity contribution in [2.75, 3.05) is 23.7 Å². The monoisotopic (exact) mass is 334 g/mol. The number of hydrogen-bond donors (Lipinski definition) is 1. The van der Waals surface area contributed by atoms with E-state index in [-0.39, 0.29) is 11.4 Å². The number of fused-ring (bicyclic) bond motifs is 1. The van der Waals surface area contributed by atoms with Crippen molar-refractivity contribution in [3.05, 3.63) is 52.6 Å². The first-order chi connectivity index (χ1) is 12.2. The van der Waals surface area contributed by atoms with E-state index in [1.165, 1.54) is 6.42 Å². The summed E-state index contributed by atoms with van der Waals surface area (Å²) in [7, 11) is 0. The Labute approximate surface area is 145 Å². The fraction of sp³-hybridized carbons (Fsp3) is 0.316. The maximum absolute atomic E-state index is 12.4. The minimum absolute atomic E-state index is 0.137. The summed E-state index contributed by atoms with van der Waals surface area (Å²) < 4.78 is 5.55. The summed E-state index contributed by atoms with van der Waals surface area (Å²) in [5.74, 6) is 0.186. The minimum Gasteiger partial charge on any atom is -0.449 e. The fourth-order valence-corrected chi connectivity index (χ4v) is 3.62. The Balaban J connectivity index is 1.91. The van der Waals surface area contributed by atoms with Gasteiger partial charge in [0.15, 0.2) is 6.10 Å². The van der Waals surface area contributed by atoms with Crippen LogP contribution in [0.2, 0.25) is 0 Å². The number of ether oxygens (including phenoxy) is 1. The number of nitrogens with zero attached hydrogens (tertiary/aromatic N) is 3. The Hall–Kier alpha value is -3.07. The van der Waals surface area contributed by atoms with Gasteiger partial charge in [0.25, 0.3) is 0 Å². The molecule has 1 aromatic heterocycles. The average Bonchev–Trinajstić information content (AvgIpc) is 3.01. The van der Waals surface area contributed by atoms with Crippen LogP contribution in [0.5, 0.6) is 0 Å². The standard InChI is InChI=1S/C19H18N4O2/c20-11-13-14-15(17(21)22-18(13)23-9-5-2-6-10-23)19(24)25-16(14)12-7-3-1-4-8-12/h1,3-4,7-8,16H,2,5-6,9-10H2,(H2,21,22). The van der Waals surface area contributed by atoms with E-state index >= 15 is 0 Å². The molecule has 2 N–H and O–H groups in total. The van der Waals surface area contributed by atoms with Gasteiger partial charge in [-0.25, -0.2) is 9.78 Å². The van der Waals surface area contributed by atoms with Crippen LogP contribution in [0.3, 0.4) is 0 Å². The van der Waals surface area contributed by atoms with E-state index in [1.54, 1.807) is 0 Å². The number of carbonyl (C=O) groups is 1. The molecule has 2 aromatic rings. The highest BCUT2D eigenvalue weighted by atomic mass is 16.5. The van der Waals surface area contributed by atoms with Crippen LogP contribution in [0, 0.1) is 11.3 Å². The largest absolute Gasteiger partial charge is 0.449 e. The van der Waals surface area contributed by atoms with Crippen LogP contribution in [0.4, 0.5) is 11.6 Å². The number of cyclic esters (lactones) is 1. The van der Waals surface area contributed by atoms with Crippen molar-refractivity contribution in [2.45, 2.75) is 25.4 Å². The summed E-state index contributed by atoms with van der Waals surface area (Å²) in [6.45, 7) is 1.68. The summed E-state index contributed by atoms with van der Waals surface area (Å²) in [6, 6.07) is 11.7. The zero-order valence-electron chi connectivity index (χ0n) is 13.7. The summed E-state index contributed by atoms with van der Waals surface area (Å²) in [5, 5.41) is 9.83. The van der Waals surface area contributed by atoms with Gasteiger partial charge in [-0.3, -0.25) is 0 Å². The van der Waals surface area contributed by atoms with Gasteiger partial charge in [0.1, 0.15) is 28.8 Å². The van der Waals surface area contributed by atoms with Gasteiger partial charge in [-0.15, -0.1) is 0 Å². The smallest absolute Gasteiger partial charge is 0.343 e. The molecular formula is C19H18N4O2. The molecular weight excluding hydrogens is 316 g/mol. The summed E-state index contributed by atoms with van der Waals surface area (Å²) in [4.78, 5) is 18.8. The van der Waals surface area contributed by atoms with Crippen molar-refractivity contribution >= 4 is 17.6 Å². The van der Waals surface area contributed by atoms with E-state index in [2.05, 4.69) is 16.0 Å². The number of carbonyl (C=O) groups excluding carboxylic acids is 1. The predicted molar refractivity (Wildman–Crippen MR) is 93.1 cm³/mol. The topological polar surface area (TPSA) is 92.2 Å². The Morgan fingerprint density at radius 3 is 2.60 bits per heavy atom. The van der Waals surface area contributed by atoms with Gasteiger partial charge in [0.05, 0.1) is 0 Å². The molecule has 0 radical (unpaired) electrons. The Morgan fingerprint density at radius 2 is 1.92 bits per heavy atom. The molecule has 0 aliphatic carbocycles. The number of esters is 1. The molecule has 1 saturated heterocycles. The van der Waals surface area contributed by atoms with Crippen LogP contribution in [0.1, 0.15) is 52.4 Å². The molecule has 1 atom stereocenters.